The summed E-state index contributed by atoms with van der Waals surface area (Å²) in [7, 11) is 0. The Balaban J connectivity index is 1.51. The van der Waals surface area contributed by atoms with Crippen LogP contribution in [0.5, 0.6) is 5.75 Å². The molecule has 0 spiro atoms. The molecule has 1 aromatic heterocycles. The normalized spacial score (nSPS) is 17.8. The molecule has 1 aromatic carbocycles. The molecule has 1 fully saturated rings. The number of ether oxygens (including phenoxy) is 2. The molecule has 1 N–H and O–H groups in total. The van der Waals surface area contributed by atoms with E-state index in [1.54, 1.807) is 6.20 Å². The van der Waals surface area contributed by atoms with E-state index in [4.69, 9.17) is 21.1 Å². The van der Waals surface area contributed by atoms with Crippen molar-refractivity contribution in [2.24, 2.45) is 5.92 Å². The van der Waals surface area contributed by atoms with Crippen LogP contribution in [0.2, 0.25) is 5.02 Å². The maximum absolute atomic E-state index is 6.20. The van der Waals surface area contributed by atoms with Crippen LogP contribution in [-0.2, 0) is 17.9 Å². The maximum atomic E-state index is 6.20. The smallest absolute Gasteiger partial charge is 0.124 e. The number of halogens is 1. The lowest BCUT2D eigenvalue weighted by Crippen LogP contribution is -2.47. The lowest BCUT2D eigenvalue weighted by molar-refractivity contribution is -0.0303. The number of hydrogen-bond acceptors (Lipinski definition) is 5. The third-order valence-corrected chi connectivity index (χ3v) is 4.91. The van der Waals surface area contributed by atoms with Crippen molar-refractivity contribution < 1.29 is 9.47 Å². The molecule has 0 saturated carbocycles. The average molecular weight is 404 g/mol. The van der Waals surface area contributed by atoms with E-state index < -0.39 is 0 Å². The van der Waals surface area contributed by atoms with Gasteiger partial charge in [-0.1, -0.05) is 31.5 Å². The van der Waals surface area contributed by atoms with E-state index in [-0.39, 0.29) is 6.10 Å². The Hall–Kier alpha value is -1.66. The average Bonchev–Trinajstić information content (AvgIpc) is 2.68. The van der Waals surface area contributed by atoms with E-state index in [1.807, 2.05) is 36.5 Å². The molecule has 2 heterocycles. The Morgan fingerprint density at radius 3 is 3.04 bits per heavy atom. The number of benzene rings is 1. The molecule has 5 nitrogen and oxygen atoms in total. The van der Waals surface area contributed by atoms with Gasteiger partial charge in [0.05, 0.1) is 12.7 Å². The van der Waals surface area contributed by atoms with Gasteiger partial charge in [0.25, 0.3) is 0 Å². The van der Waals surface area contributed by atoms with Gasteiger partial charge in [0.15, 0.2) is 0 Å². The first kappa shape index (κ1) is 21.1. The topological polar surface area (TPSA) is 46.6 Å². The van der Waals surface area contributed by atoms with Crippen LogP contribution in [0.4, 0.5) is 0 Å². The monoisotopic (exact) mass is 403 g/mol. The van der Waals surface area contributed by atoms with Crippen molar-refractivity contribution in [1.29, 1.82) is 0 Å². The molecule has 6 heteroatoms. The summed E-state index contributed by atoms with van der Waals surface area (Å²) in [6, 6.07) is 9.66. The highest BCUT2D eigenvalue weighted by molar-refractivity contribution is 6.30. The number of morpholine rings is 1. The Kier molecular flexibility index (Phi) is 8.10. The van der Waals surface area contributed by atoms with Crippen molar-refractivity contribution in [3.63, 3.8) is 0 Å². The number of nitrogens with zero attached hydrogens (tertiary/aromatic N) is 2. The second kappa shape index (κ2) is 10.8. The highest BCUT2D eigenvalue weighted by Crippen LogP contribution is 2.24. The maximum Gasteiger partial charge on any atom is 0.124 e. The molecule has 3 rings (SSSR count). The molecular formula is C22H30ClN3O2. The summed E-state index contributed by atoms with van der Waals surface area (Å²) in [5, 5.41) is 4.22. The van der Waals surface area contributed by atoms with E-state index in [0.717, 1.165) is 49.7 Å². The third kappa shape index (κ3) is 6.74. The molecule has 1 aliphatic rings. The molecule has 1 saturated heterocycles. The van der Waals surface area contributed by atoms with Gasteiger partial charge in [0.2, 0.25) is 0 Å². The molecule has 28 heavy (non-hydrogen) atoms. The lowest BCUT2D eigenvalue weighted by atomic mass is 10.1. The summed E-state index contributed by atoms with van der Waals surface area (Å²) in [6.45, 7) is 10.4. The Bertz CT molecular complexity index is 727. The molecule has 1 aliphatic heterocycles. The summed E-state index contributed by atoms with van der Waals surface area (Å²) in [5.41, 5.74) is 2.09. The number of nitrogens with one attached hydrogen (secondary N) is 1. The second-order valence-electron chi connectivity index (χ2n) is 7.68. The van der Waals surface area contributed by atoms with Crippen LogP contribution in [0, 0.1) is 5.92 Å². The molecule has 0 aliphatic carbocycles. The summed E-state index contributed by atoms with van der Waals surface area (Å²) < 4.78 is 11.9. The van der Waals surface area contributed by atoms with Crippen molar-refractivity contribution in [2.45, 2.75) is 33.1 Å². The molecule has 0 radical (unpaired) electrons. The van der Waals surface area contributed by atoms with Crippen LogP contribution in [-0.4, -0.2) is 48.8 Å². The molecule has 1 unspecified atom stereocenters. The fourth-order valence-corrected chi connectivity index (χ4v) is 3.62. The summed E-state index contributed by atoms with van der Waals surface area (Å²) in [5.74, 6) is 1.52. The predicted molar refractivity (Wildman–Crippen MR) is 113 cm³/mol. The number of rotatable bonds is 9. The van der Waals surface area contributed by atoms with Crippen molar-refractivity contribution in [3.8, 4) is 5.75 Å². The van der Waals surface area contributed by atoms with Gasteiger partial charge in [-0.15, -0.1) is 0 Å². The highest BCUT2D eigenvalue weighted by Gasteiger charge is 2.20. The Morgan fingerprint density at radius 1 is 1.36 bits per heavy atom. The minimum absolute atomic E-state index is 0.214. The zero-order chi connectivity index (χ0) is 19.8. The minimum Gasteiger partial charge on any atom is -0.489 e. The first-order valence-electron chi connectivity index (χ1n) is 9.95. The van der Waals surface area contributed by atoms with Crippen LogP contribution in [0.15, 0.2) is 42.7 Å². The van der Waals surface area contributed by atoms with Gasteiger partial charge >= 0.3 is 0 Å². The van der Waals surface area contributed by atoms with E-state index in [1.165, 1.54) is 0 Å². The fraction of sp³-hybridized carbons (Fsp3) is 0.500. The van der Waals surface area contributed by atoms with Crippen molar-refractivity contribution in [1.82, 2.24) is 15.2 Å². The second-order valence-corrected chi connectivity index (χ2v) is 8.12. The lowest BCUT2D eigenvalue weighted by Gasteiger charge is -2.34. The summed E-state index contributed by atoms with van der Waals surface area (Å²) in [6.07, 6.45) is 3.79. The quantitative estimate of drug-likeness (QED) is 0.690. The van der Waals surface area contributed by atoms with Gasteiger partial charge in [-0.2, -0.15) is 0 Å². The largest absolute Gasteiger partial charge is 0.489 e. The molecule has 0 amide bonds. The van der Waals surface area contributed by atoms with Crippen LogP contribution in [0.25, 0.3) is 0 Å². The SMILES string of the molecule is CC(C)CN1CCOC(CNCc2cc(Cl)ccc2OCc2cccnc2)C1. The first-order chi connectivity index (χ1) is 13.6. The van der Waals surface area contributed by atoms with Gasteiger partial charge < -0.3 is 14.8 Å². The zero-order valence-corrected chi connectivity index (χ0v) is 17.5. The Morgan fingerprint density at radius 2 is 2.25 bits per heavy atom. The van der Waals surface area contributed by atoms with Gasteiger partial charge in [-0.3, -0.25) is 9.88 Å². The van der Waals surface area contributed by atoms with Crippen LogP contribution < -0.4 is 10.1 Å². The first-order valence-corrected chi connectivity index (χ1v) is 10.3. The van der Waals surface area contributed by atoms with Gasteiger partial charge in [-0.25, -0.2) is 0 Å². The number of hydrogen-bond donors (Lipinski definition) is 1. The molecule has 152 valence electrons. The van der Waals surface area contributed by atoms with E-state index in [0.29, 0.717) is 24.1 Å². The standard InChI is InChI=1S/C22H30ClN3O2/c1-17(2)14-26-8-9-27-21(15-26)13-25-12-19-10-20(23)5-6-22(19)28-16-18-4-3-7-24-11-18/h3-7,10-11,17,21,25H,8-9,12-16H2,1-2H3. The van der Waals surface area contributed by atoms with Gasteiger partial charge in [0, 0.05) is 61.3 Å². The van der Waals surface area contributed by atoms with Gasteiger partial charge in [-0.05, 0) is 30.2 Å². The molecule has 0 bridgehead atoms. The fourth-order valence-electron chi connectivity index (χ4n) is 3.43. The summed E-state index contributed by atoms with van der Waals surface area (Å²) in [4.78, 5) is 6.62. The molecule has 1 atom stereocenters. The highest BCUT2D eigenvalue weighted by atomic mass is 35.5. The van der Waals surface area contributed by atoms with Crippen molar-refractivity contribution in [3.05, 3.63) is 58.9 Å². The van der Waals surface area contributed by atoms with Crippen LogP contribution in [0.3, 0.4) is 0 Å². The van der Waals surface area contributed by atoms with Crippen LogP contribution >= 0.6 is 11.6 Å². The Labute approximate surface area is 173 Å². The van der Waals surface area contributed by atoms with E-state index >= 15 is 0 Å². The molecule has 2 aromatic rings. The third-order valence-electron chi connectivity index (χ3n) is 4.67. The zero-order valence-electron chi connectivity index (χ0n) is 16.7. The van der Waals surface area contributed by atoms with E-state index in [9.17, 15) is 0 Å². The van der Waals surface area contributed by atoms with Crippen molar-refractivity contribution in [2.75, 3.05) is 32.8 Å². The number of pyridine rings is 1. The molecular weight excluding hydrogens is 374 g/mol. The van der Waals surface area contributed by atoms with Gasteiger partial charge in [0.1, 0.15) is 12.4 Å². The predicted octanol–water partition coefficient (Wildman–Crippen LogP) is 3.76. The summed E-state index contributed by atoms with van der Waals surface area (Å²) >= 11 is 6.20. The minimum atomic E-state index is 0.214. The number of aromatic nitrogens is 1. The van der Waals surface area contributed by atoms with Crippen molar-refractivity contribution >= 4 is 11.6 Å². The van der Waals surface area contributed by atoms with Crippen LogP contribution in [0.1, 0.15) is 25.0 Å². The van der Waals surface area contributed by atoms with E-state index in [2.05, 4.69) is 29.0 Å².